The molecule has 1 aromatic carbocycles. The molecule has 1 rings (SSSR count). The van der Waals surface area contributed by atoms with Crippen molar-refractivity contribution in [2.45, 2.75) is 6.42 Å². The summed E-state index contributed by atoms with van der Waals surface area (Å²) in [6.45, 7) is 0. The largest absolute Gasteiger partial charge is 0.505 e. The molecule has 0 heterocycles. The van der Waals surface area contributed by atoms with Crippen molar-refractivity contribution in [1.29, 1.82) is 5.26 Å². The van der Waals surface area contributed by atoms with Gasteiger partial charge in [0.1, 0.15) is 0 Å². The number of phenolic OH excluding ortho intramolecular Hbond substituents is 1. The number of halogens is 2. The Morgan fingerprint density at radius 1 is 1.71 bits per heavy atom. The van der Waals surface area contributed by atoms with E-state index < -0.39 is 11.6 Å². The van der Waals surface area contributed by atoms with Crippen LogP contribution in [0.3, 0.4) is 0 Å². The Labute approximate surface area is 88.9 Å². The fraction of sp³-hybridized carbons (Fsp3) is 0.222. The minimum atomic E-state index is -0.855. The van der Waals surface area contributed by atoms with Crippen LogP contribution in [0.25, 0.3) is 0 Å². The van der Waals surface area contributed by atoms with Gasteiger partial charge in [-0.2, -0.15) is 9.65 Å². The molecule has 0 atom stereocenters. The maximum absolute atomic E-state index is 13.3. The monoisotopic (exact) mass is 259 g/mol. The first-order valence-electron chi connectivity index (χ1n) is 3.72. The van der Waals surface area contributed by atoms with Crippen LogP contribution in [0.1, 0.15) is 5.56 Å². The molecule has 1 N–H and O–H groups in total. The fourth-order valence-corrected chi connectivity index (χ4v) is 1.66. The highest BCUT2D eigenvalue weighted by Gasteiger charge is 2.16. The fourth-order valence-electron chi connectivity index (χ4n) is 1.05. The quantitative estimate of drug-likeness (QED) is 0.888. The number of ether oxygens (including phenoxy) is 1. The van der Waals surface area contributed by atoms with Gasteiger partial charge >= 0.3 is 0 Å². The molecule has 0 fully saturated rings. The van der Waals surface area contributed by atoms with E-state index in [2.05, 4.69) is 15.9 Å². The number of nitriles is 1. The summed E-state index contributed by atoms with van der Waals surface area (Å²) in [5, 5.41) is 17.8. The first-order valence-corrected chi connectivity index (χ1v) is 4.52. The van der Waals surface area contributed by atoms with Gasteiger partial charge < -0.3 is 9.84 Å². The van der Waals surface area contributed by atoms with Gasteiger partial charge in [-0.1, -0.05) is 0 Å². The van der Waals surface area contributed by atoms with Gasteiger partial charge in [-0.15, -0.1) is 0 Å². The molecule has 0 aliphatic carbocycles. The Balaban J connectivity index is 3.34. The molecule has 5 heteroatoms. The number of hydrogen-bond acceptors (Lipinski definition) is 3. The van der Waals surface area contributed by atoms with Gasteiger partial charge in [-0.25, -0.2) is 0 Å². The predicted octanol–water partition coefficient (Wildman–Crippen LogP) is 2.37. The highest BCUT2D eigenvalue weighted by molar-refractivity contribution is 9.10. The molecule has 74 valence electrons. The minimum Gasteiger partial charge on any atom is -0.505 e. The molecule has 14 heavy (non-hydrogen) atoms. The molecule has 0 radical (unpaired) electrons. The summed E-state index contributed by atoms with van der Waals surface area (Å²) >= 11 is 3.08. The highest BCUT2D eigenvalue weighted by Crippen LogP contribution is 2.36. The molecule has 0 amide bonds. The second-order valence-corrected chi connectivity index (χ2v) is 3.40. The van der Waals surface area contributed by atoms with E-state index in [-0.39, 0.29) is 17.7 Å². The van der Waals surface area contributed by atoms with Crippen molar-refractivity contribution in [3.8, 4) is 17.6 Å². The topological polar surface area (TPSA) is 53.2 Å². The molecule has 0 aliphatic rings. The molecule has 0 unspecified atom stereocenters. The molecule has 0 spiro atoms. The lowest BCUT2D eigenvalue weighted by atomic mass is 10.1. The molecule has 3 nitrogen and oxygen atoms in total. The standard InChI is InChI=1S/C9H7BrFNO2/c1-14-9-6(10)4-5(2-3-12)8(13)7(9)11/h4,13H,2H2,1H3. The van der Waals surface area contributed by atoms with Gasteiger partial charge in [0.15, 0.2) is 11.5 Å². The Morgan fingerprint density at radius 2 is 2.36 bits per heavy atom. The van der Waals surface area contributed by atoms with E-state index in [4.69, 9.17) is 10.00 Å². The Morgan fingerprint density at radius 3 is 2.86 bits per heavy atom. The lowest BCUT2D eigenvalue weighted by molar-refractivity contribution is 0.360. The number of hydrogen-bond donors (Lipinski definition) is 1. The summed E-state index contributed by atoms with van der Waals surface area (Å²) in [6, 6.07) is 3.29. The lowest BCUT2D eigenvalue weighted by Crippen LogP contribution is -1.94. The van der Waals surface area contributed by atoms with E-state index in [1.807, 2.05) is 6.07 Å². The predicted molar refractivity (Wildman–Crippen MR) is 51.6 cm³/mol. The van der Waals surface area contributed by atoms with Crippen molar-refractivity contribution >= 4 is 15.9 Å². The Bertz CT molecular complexity index is 401. The van der Waals surface area contributed by atoms with Crippen molar-refractivity contribution in [3.63, 3.8) is 0 Å². The zero-order valence-corrected chi connectivity index (χ0v) is 8.93. The number of aromatic hydroxyl groups is 1. The average Bonchev–Trinajstić information content (AvgIpc) is 2.15. The molecular weight excluding hydrogens is 253 g/mol. The maximum Gasteiger partial charge on any atom is 0.208 e. The van der Waals surface area contributed by atoms with Crippen molar-refractivity contribution in [2.75, 3.05) is 7.11 Å². The highest BCUT2D eigenvalue weighted by atomic mass is 79.9. The van der Waals surface area contributed by atoms with Crippen molar-refractivity contribution < 1.29 is 14.2 Å². The third-order valence-electron chi connectivity index (χ3n) is 1.70. The Hall–Kier alpha value is -1.28. The summed E-state index contributed by atoms with van der Waals surface area (Å²) in [4.78, 5) is 0. The molecule has 0 aromatic heterocycles. The van der Waals surface area contributed by atoms with Crippen molar-refractivity contribution in [2.24, 2.45) is 0 Å². The summed E-state index contributed by atoms with van der Waals surface area (Å²) in [5.41, 5.74) is 0.234. The van der Waals surface area contributed by atoms with E-state index in [1.54, 1.807) is 0 Å². The third kappa shape index (κ3) is 1.80. The van der Waals surface area contributed by atoms with Gasteiger partial charge in [0.25, 0.3) is 0 Å². The smallest absolute Gasteiger partial charge is 0.208 e. The lowest BCUT2D eigenvalue weighted by Gasteiger charge is -2.08. The van der Waals surface area contributed by atoms with Crippen LogP contribution in [0.4, 0.5) is 4.39 Å². The zero-order valence-electron chi connectivity index (χ0n) is 7.34. The van der Waals surface area contributed by atoms with Crippen LogP contribution in [0.15, 0.2) is 10.5 Å². The summed E-state index contributed by atoms with van der Waals surface area (Å²) in [5.74, 6) is -1.46. The first-order chi connectivity index (χ1) is 6.61. The van der Waals surface area contributed by atoms with Crippen LogP contribution in [0.5, 0.6) is 11.5 Å². The second kappa shape index (κ2) is 4.29. The molecule has 0 saturated carbocycles. The normalized spacial score (nSPS) is 9.57. The van der Waals surface area contributed by atoms with Gasteiger partial charge in [0.2, 0.25) is 5.82 Å². The van der Waals surface area contributed by atoms with Crippen LogP contribution >= 0.6 is 15.9 Å². The molecule has 0 aliphatic heterocycles. The molecule has 1 aromatic rings. The number of phenols is 1. The van der Waals surface area contributed by atoms with Crippen LogP contribution in [-0.2, 0) is 6.42 Å². The van der Waals surface area contributed by atoms with E-state index in [9.17, 15) is 9.50 Å². The summed E-state index contributed by atoms with van der Waals surface area (Å²) in [7, 11) is 1.30. The average molecular weight is 260 g/mol. The minimum absolute atomic E-state index is 0.0503. The van der Waals surface area contributed by atoms with Crippen LogP contribution in [-0.4, -0.2) is 12.2 Å². The number of nitrogens with zero attached hydrogens (tertiary/aromatic N) is 1. The van der Waals surface area contributed by atoms with Gasteiger partial charge in [-0.05, 0) is 22.0 Å². The van der Waals surface area contributed by atoms with E-state index in [1.165, 1.54) is 13.2 Å². The SMILES string of the molecule is COc1c(Br)cc(CC#N)c(O)c1F. The van der Waals surface area contributed by atoms with Crippen LogP contribution < -0.4 is 4.74 Å². The summed E-state index contributed by atoms with van der Waals surface area (Å²) < 4.78 is 18.4. The van der Waals surface area contributed by atoms with Crippen LogP contribution in [0.2, 0.25) is 0 Å². The number of benzene rings is 1. The second-order valence-electron chi connectivity index (χ2n) is 2.55. The first kappa shape index (κ1) is 10.8. The van der Waals surface area contributed by atoms with Gasteiger partial charge in [-0.3, -0.25) is 0 Å². The summed E-state index contributed by atoms with van der Waals surface area (Å²) in [6.07, 6.45) is -0.0503. The zero-order chi connectivity index (χ0) is 10.7. The molecule has 0 bridgehead atoms. The van der Waals surface area contributed by atoms with E-state index in [0.717, 1.165) is 0 Å². The number of rotatable bonds is 2. The van der Waals surface area contributed by atoms with Gasteiger partial charge in [0.05, 0.1) is 24.1 Å². The van der Waals surface area contributed by atoms with Crippen molar-refractivity contribution in [3.05, 3.63) is 21.9 Å². The maximum atomic E-state index is 13.3. The van der Waals surface area contributed by atoms with Gasteiger partial charge in [0, 0.05) is 5.56 Å². The van der Waals surface area contributed by atoms with Crippen molar-refractivity contribution in [1.82, 2.24) is 0 Å². The van der Waals surface area contributed by atoms with E-state index in [0.29, 0.717) is 4.47 Å². The van der Waals surface area contributed by atoms with Crippen LogP contribution in [0, 0.1) is 17.1 Å². The molecule has 0 saturated heterocycles. The third-order valence-corrected chi connectivity index (χ3v) is 2.29. The Kier molecular flexibility index (Phi) is 3.31. The number of methoxy groups -OCH3 is 1. The van der Waals surface area contributed by atoms with E-state index >= 15 is 0 Å². The molecular formula is C9H7BrFNO2.